The molecule has 0 unspecified atom stereocenters. The van der Waals surface area contributed by atoms with Gasteiger partial charge in [-0.2, -0.15) is 5.10 Å². The van der Waals surface area contributed by atoms with E-state index in [-0.39, 0.29) is 17.3 Å². The summed E-state index contributed by atoms with van der Waals surface area (Å²) in [5.74, 6) is -0.212. The minimum Gasteiger partial charge on any atom is -0.395 e. The summed E-state index contributed by atoms with van der Waals surface area (Å²) < 4.78 is 0. The van der Waals surface area contributed by atoms with Crippen molar-refractivity contribution in [3.8, 4) is 22.5 Å². The fourth-order valence-electron chi connectivity index (χ4n) is 3.61. The van der Waals surface area contributed by atoms with Crippen molar-refractivity contribution >= 4 is 34.3 Å². The predicted molar refractivity (Wildman–Crippen MR) is 123 cm³/mol. The molecule has 0 spiro atoms. The number of nitrogens with zero attached hydrogens (tertiary/aromatic N) is 6. The van der Waals surface area contributed by atoms with Crippen molar-refractivity contribution in [2.24, 2.45) is 5.73 Å². The van der Waals surface area contributed by atoms with Gasteiger partial charge in [0.25, 0.3) is 5.91 Å². The summed E-state index contributed by atoms with van der Waals surface area (Å²) in [6.07, 6.45) is 6.39. The molecule has 162 valence electrons. The number of fused-ring (bicyclic) bond motifs is 1. The molecule has 33 heavy (non-hydrogen) atoms. The van der Waals surface area contributed by atoms with E-state index < -0.39 is 5.91 Å². The lowest BCUT2D eigenvalue weighted by Crippen LogP contribution is -2.18. The highest BCUT2D eigenvalue weighted by Gasteiger charge is 2.21. The van der Waals surface area contributed by atoms with Gasteiger partial charge in [-0.25, -0.2) is 24.9 Å². The van der Waals surface area contributed by atoms with Gasteiger partial charge >= 0.3 is 0 Å². The third kappa shape index (κ3) is 3.57. The number of primary amides is 1. The van der Waals surface area contributed by atoms with Gasteiger partial charge in [0, 0.05) is 28.9 Å². The van der Waals surface area contributed by atoms with Gasteiger partial charge in [0.2, 0.25) is 5.95 Å². The Labute approximate surface area is 187 Å². The van der Waals surface area contributed by atoms with Crippen molar-refractivity contribution in [1.82, 2.24) is 35.1 Å². The summed E-state index contributed by atoms with van der Waals surface area (Å²) in [7, 11) is 0. The van der Waals surface area contributed by atoms with E-state index in [9.17, 15) is 4.79 Å². The van der Waals surface area contributed by atoms with E-state index in [1.165, 1.54) is 6.33 Å². The van der Waals surface area contributed by atoms with Crippen LogP contribution >= 0.6 is 0 Å². The highest BCUT2D eigenvalue weighted by atomic mass is 16.1. The second-order valence-corrected chi connectivity index (χ2v) is 7.23. The number of hydrogen-bond acceptors (Lipinski definition) is 9. The normalized spacial score (nSPS) is 10.9. The van der Waals surface area contributed by atoms with Gasteiger partial charge in [-0.3, -0.25) is 9.89 Å². The Balaban J connectivity index is 1.69. The Hall–Kier alpha value is -4.93. The third-order valence-electron chi connectivity index (χ3n) is 5.14. The first-order valence-electron chi connectivity index (χ1n) is 9.91. The number of aromatic nitrogens is 7. The molecule has 6 N–H and O–H groups in total. The maximum absolute atomic E-state index is 12.2. The molecule has 0 fully saturated rings. The molecule has 5 rings (SSSR count). The van der Waals surface area contributed by atoms with E-state index in [0.29, 0.717) is 22.8 Å². The van der Waals surface area contributed by atoms with Crippen molar-refractivity contribution in [3.05, 3.63) is 66.5 Å². The standard InChI is InChI=1S/C22H18N10O/c1-11-4-5-15-13(9-28-32-15)16(11)18-17(23)19(20(24)33)30-22(29-18)31-21-12(3-2-7-26-21)14-6-8-25-10-27-14/h2-10H,23H2,1H3,(H2,24,33)(H,28,32)(H,26,29,30,31). The Morgan fingerprint density at radius 1 is 1.09 bits per heavy atom. The summed E-state index contributed by atoms with van der Waals surface area (Å²) in [5, 5.41) is 10.9. The topological polar surface area (TPSA) is 174 Å². The molecule has 0 saturated carbocycles. The van der Waals surface area contributed by atoms with Crippen molar-refractivity contribution in [1.29, 1.82) is 0 Å². The van der Waals surface area contributed by atoms with Gasteiger partial charge in [0.15, 0.2) is 5.69 Å². The number of hydrogen-bond donors (Lipinski definition) is 4. The van der Waals surface area contributed by atoms with Gasteiger partial charge in [-0.15, -0.1) is 0 Å². The Bertz CT molecular complexity index is 1500. The average Bonchev–Trinajstić information content (AvgIpc) is 3.30. The number of anilines is 3. The quantitative estimate of drug-likeness (QED) is 0.321. The van der Waals surface area contributed by atoms with E-state index in [4.69, 9.17) is 11.5 Å². The second kappa shape index (κ2) is 7.96. The first-order valence-corrected chi connectivity index (χ1v) is 9.91. The summed E-state index contributed by atoms with van der Waals surface area (Å²) in [4.78, 5) is 33.7. The largest absolute Gasteiger partial charge is 0.395 e. The molecule has 4 aromatic heterocycles. The molecule has 1 aromatic carbocycles. The van der Waals surface area contributed by atoms with Crippen LogP contribution in [0.25, 0.3) is 33.4 Å². The number of H-pyrrole nitrogens is 1. The maximum Gasteiger partial charge on any atom is 0.269 e. The zero-order valence-electron chi connectivity index (χ0n) is 17.4. The molecule has 4 heterocycles. The van der Waals surface area contributed by atoms with E-state index in [2.05, 4.69) is 40.4 Å². The average molecular weight is 438 g/mol. The van der Waals surface area contributed by atoms with Gasteiger partial charge < -0.3 is 16.8 Å². The van der Waals surface area contributed by atoms with E-state index >= 15 is 0 Å². The highest BCUT2D eigenvalue weighted by molar-refractivity contribution is 6.04. The number of nitrogen functional groups attached to an aromatic ring is 1. The van der Waals surface area contributed by atoms with Crippen LogP contribution in [0.5, 0.6) is 0 Å². The molecule has 11 nitrogen and oxygen atoms in total. The molecule has 11 heteroatoms. The lowest BCUT2D eigenvalue weighted by atomic mass is 9.99. The number of aryl methyl sites for hydroxylation is 1. The molecule has 0 atom stereocenters. The zero-order chi connectivity index (χ0) is 22.9. The Morgan fingerprint density at radius 3 is 2.76 bits per heavy atom. The predicted octanol–water partition coefficient (Wildman–Crippen LogP) is 2.61. The lowest BCUT2D eigenvalue weighted by molar-refractivity contribution is 0.0996. The molecule has 5 aromatic rings. The van der Waals surface area contributed by atoms with Gasteiger partial charge in [0.05, 0.1) is 23.1 Å². The molecule has 0 aliphatic rings. The van der Waals surface area contributed by atoms with Crippen LogP contribution in [-0.2, 0) is 0 Å². The molecular formula is C22H18N10O. The Kier molecular flexibility index (Phi) is 4.83. The molecule has 0 radical (unpaired) electrons. The molecule has 0 aliphatic heterocycles. The van der Waals surface area contributed by atoms with Crippen LogP contribution in [0, 0.1) is 6.92 Å². The fraction of sp³-hybridized carbons (Fsp3) is 0.0455. The van der Waals surface area contributed by atoms with Crippen molar-refractivity contribution in [3.63, 3.8) is 0 Å². The zero-order valence-corrected chi connectivity index (χ0v) is 17.4. The Morgan fingerprint density at radius 2 is 1.97 bits per heavy atom. The van der Waals surface area contributed by atoms with E-state index in [1.54, 1.807) is 30.7 Å². The summed E-state index contributed by atoms with van der Waals surface area (Å²) >= 11 is 0. The number of pyridine rings is 1. The van der Waals surface area contributed by atoms with Crippen LogP contribution in [0.15, 0.2) is 55.2 Å². The number of nitrogens with two attached hydrogens (primary N) is 2. The number of amides is 1. The van der Waals surface area contributed by atoms with Crippen molar-refractivity contribution < 1.29 is 4.79 Å². The smallest absolute Gasteiger partial charge is 0.269 e. The number of aromatic amines is 1. The van der Waals surface area contributed by atoms with Crippen molar-refractivity contribution in [2.45, 2.75) is 6.92 Å². The molecule has 0 saturated heterocycles. The van der Waals surface area contributed by atoms with Crippen LogP contribution in [0.2, 0.25) is 0 Å². The number of carbonyl (C=O) groups is 1. The minimum atomic E-state index is -0.770. The number of benzene rings is 1. The maximum atomic E-state index is 12.2. The highest BCUT2D eigenvalue weighted by Crippen LogP contribution is 2.35. The third-order valence-corrected chi connectivity index (χ3v) is 5.14. The minimum absolute atomic E-state index is 0.0851. The van der Waals surface area contributed by atoms with Crippen LogP contribution in [0.4, 0.5) is 17.5 Å². The number of nitrogens with one attached hydrogen (secondary N) is 2. The van der Waals surface area contributed by atoms with Crippen LogP contribution in [-0.4, -0.2) is 41.0 Å². The SMILES string of the molecule is Cc1ccc2[nH]ncc2c1-c1nc(Nc2ncccc2-c2ccncn2)nc(C(N)=O)c1N. The van der Waals surface area contributed by atoms with E-state index in [0.717, 1.165) is 22.0 Å². The summed E-state index contributed by atoms with van der Waals surface area (Å²) in [6.45, 7) is 1.92. The number of carbonyl (C=O) groups excluding carboxylic acids is 1. The molecule has 1 amide bonds. The summed E-state index contributed by atoms with van der Waals surface area (Å²) in [6, 6.07) is 9.22. The summed E-state index contributed by atoms with van der Waals surface area (Å²) in [5.41, 5.74) is 16.0. The van der Waals surface area contributed by atoms with Gasteiger partial charge in [-0.05, 0) is 36.8 Å². The lowest BCUT2D eigenvalue weighted by Gasteiger charge is -2.15. The van der Waals surface area contributed by atoms with Gasteiger partial charge in [-0.1, -0.05) is 6.07 Å². The van der Waals surface area contributed by atoms with Crippen LogP contribution < -0.4 is 16.8 Å². The first kappa shape index (κ1) is 20.0. The van der Waals surface area contributed by atoms with Crippen molar-refractivity contribution in [2.75, 3.05) is 11.1 Å². The fourth-order valence-corrected chi connectivity index (χ4v) is 3.61. The second-order valence-electron chi connectivity index (χ2n) is 7.23. The number of rotatable bonds is 5. The monoisotopic (exact) mass is 438 g/mol. The molecular weight excluding hydrogens is 420 g/mol. The van der Waals surface area contributed by atoms with Crippen LogP contribution in [0.1, 0.15) is 16.1 Å². The molecule has 0 aliphatic carbocycles. The molecule has 0 bridgehead atoms. The van der Waals surface area contributed by atoms with E-state index in [1.807, 2.05) is 25.1 Å². The first-order chi connectivity index (χ1) is 16.0. The van der Waals surface area contributed by atoms with Gasteiger partial charge in [0.1, 0.15) is 17.8 Å². The van der Waals surface area contributed by atoms with Crippen LogP contribution in [0.3, 0.4) is 0 Å².